The van der Waals surface area contributed by atoms with E-state index in [9.17, 15) is 9.59 Å². The number of carbonyl (C=O) groups is 1. The monoisotopic (exact) mass is 316 g/mol. The quantitative estimate of drug-likeness (QED) is 0.883. The van der Waals surface area contributed by atoms with E-state index in [2.05, 4.69) is 5.32 Å². The van der Waals surface area contributed by atoms with Gasteiger partial charge in [0.05, 0.1) is 10.9 Å². The molecule has 1 aliphatic rings. The molecule has 0 spiro atoms. The van der Waals surface area contributed by atoms with Gasteiger partial charge in [0.2, 0.25) is 0 Å². The molecule has 5 heteroatoms. The Morgan fingerprint density at radius 3 is 2.65 bits per heavy atom. The Kier molecular flexibility index (Phi) is 4.55. The number of aryl methyl sites for hydroxylation is 2. The van der Waals surface area contributed by atoms with Crippen molar-refractivity contribution in [1.82, 2.24) is 9.88 Å². The number of nitrogens with one attached hydrogen (secondary N) is 1. The molecule has 124 valence electrons. The van der Waals surface area contributed by atoms with E-state index >= 15 is 0 Å². The smallest absolute Gasteiger partial charge is 0.262 e. The number of pyridine rings is 1. The number of nitrogens with zero attached hydrogens (tertiary/aromatic N) is 1. The first kappa shape index (κ1) is 15.8. The second-order valence-corrected chi connectivity index (χ2v) is 6.34. The van der Waals surface area contributed by atoms with Crippen LogP contribution in [0.4, 0.5) is 0 Å². The van der Waals surface area contributed by atoms with Gasteiger partial charge < -0.3 is 14.3 Å². The minimum Gasteiger partial charge on any atom is -0.460 e. The van der Waals surface area contributed by atoms with Crippen molar-refractivity contribution in [1.29, 1.82) is 0 Å². The molecule has 1 amide bonds. The highest BCUT2D eigenvalue weighted by Gasteiger charge is 2.24. The SMILES string of the molecule is CCn1ccc2oc(C)c(C(=O)NC3CCCCCC3)c2c1=O. The van der Waals surface area contributed by atoms with Crippen LogP contribution in [-0.2, 0) is 6.54 Å². The van der Waals surface area contributed by atoms with Crippen LogP contribution in [0.1, 0.15) is 61.6 Å². The van der Waals surface area contributed by atoms with Crippen molar-refractivity contribution >= 4 is 16.9 Å². The number of hydrogen-bond acceptors (Lipinski definition) is 3. The Hall–Kier alpha value is -2.04. The standard InChI is InChI=1S/C18H24N2O3/c1-3-20-11-10-14-16(18(20)22)15(12(2)23-14)17(21)19-13-8-6-4-5-7-9-13/h10-11,13H,3-9H2,1-2H3,(H,19,21). The van der Waals surface area contributed by atoms with Crippen LogP contribution in [0.3, 0.4) is 0 Å². The molecule has 3 rings (SSSR count). The normalized spacial score (nSPS) is 16.4. The van der Waals surface area contributed by atoms with Crippen LogP contribution in [0.2, 0.25) is 0 Å². The Labute approximate surface area is 135 Å². The lowest BCUT2D eigenvalue weighted by molar-refractivity contribution is 0.0933. The predicted octanol–water partition coefficient (Wildman–Crippen LogP) is 3.38. The second kappa shape index (κ2) is 6.60. The van der Waals surface area contributed by atoms with E-state index in [0.717, 1.165) is 25.7 Å². The lowest BCUT2D eigenvalue weighted by Crippen LogP contribution is -2.35. The summed E-state index contributed by atoms with van der Waals surface area (Å²) >= 11 is 0. The zero-order valence-corrected chi connectivity index (χ0v) is 13.9. The molecule has 0 bridgehead atoms. The fourth-order valence-electron chi connectivity index (χ4n) is 3.47. The van der Waals surface area contributed by atoms with Crippen LogP contribution < -0.4 is 10.9 Å². The number of hydrogen-bond donors (Lipinski definition) is 1. The summed E-state index contributed by atoms with van der Waals surface area (Å²) in [5.74, 6) is 0.330. The molecule has 5 nitrogen and oxygen atoms in total. The maximum absolute atomic E-state index is 12.8. The number of rotatable bonds is 3. The molecule has 0 unspecified atom stereocenters. The third-order valence-corrected chi connectivity index (χ3v) is 4.75. The van der Waals surface area contributed by atoms with E-state index in [1.807, 2.05) is 6.92 Å². The van der Waals surface area contributed by atoms with Crippen molar-refractivity contribution in [2.45, 2.75) is 65.0 Å². The Morgan fingerprint density at radius 1 is 1.30 bits per heavy atom. The van der Waals surface area contributed by atoms with Crippen molar-refractivity contribution in [2.24, 2.45) is 0 Å². The molecule has 0 radical (unpaired) electrons. The van der Waals surface area contributed by atoms with Gasteiger partial charge in [0.1, 0.15) is 11.3 Å². The van der Waals surface area contributed by atoms with Crippen LogP contribution in [0.5, 0.6) is 0 Å². The first-order chi connectivity index (χ1) is 11.1. The fraction of sp³-hybridized carbons (Fsp3) is 0.556. The van der Waals surface area contributed by atoms with Gasteiger partial charge in [0, 0.05) is 18.8 Å². The summed E-state index contributed by atoms with van der Waals surface area (Å²) in [7, 11) is 0. The lowest BCUT2D eigenvalue weighted by Gasteiger charge is -2.16. The molecule has 0 saturated heterocycles. The van der Waals surface area contributed by atoms with Crippen LogP contribution in [0.25, 0.3) is 11.0 Å². The highest BCUT2D eigenvalue weighted by Crippen LogP contribution is 2.24. The number of furan rings is 1. The Morgan fingerprint density at radius 2 is 2.00 bits per heavy atom. The molecule has 23 heavy (non-hydrogen) atoms. The van der Waals surface area contributed by atoms with E-state index in [-0.39, 0.29) is 17.5 Å². The molecule has 0 aromatic carbocycles. The Balaban J connectivity index is 1.96. The third-order valence-electron chi connectivity index (χ3n) is 4.75. The largest absolute Gasteiger partial charge is 0.460 e. The average molecular weight is 316 g/mol. The maximum Gasteiger partial charge on any atom is 0.262 e. The Bertz CT molecular complexity index is 764. The van der Waals surface area contributed by atoms with E-state index in [4.69, 9.17) is 4.42 Å². The molecule has 1 fully saturated rings. The summed E-state index contributed by atoms with van der Waals surface area (Å²) in [4.78, 5) is 25.3. The van der Waals surface area contributed by atoms with Gasteiger partial charge in [-0.3, -0.25) is 9.59 Å². The van der Waals surface area contributed by atoms with Gasteiger partial charge in [0.25, 0.3) is 11.5 Å². The van der Waals surface area contributed by atoms with Crippen molar-refractivity contribution in [3.8, 4) is 0 Å². The number of amides is 1. The molecule has 1 N–H and O–H groups in total. The molecular formula is C18H24N2O3. The molecule has 1 aliphatic carbocycles. The van der Waals surface area contributed by atoms with E-state index in [0.29, 0.717) is 28.8 Å². The lowest BCUT2D eigenvalue weighted by atomic mass is 10.1. The van der Waals surface area contributed by atoms with E-state index in [1.54, 1.807) is 23.8 Å². The predicted molar refractivity (Wildman–Crippen MR) is 89.8 cm³/mol. The highest BCUT2D eigenvalue weighted by molar-refractivity contribution is 6.07. The van der Waals surface area contributed by atoms with Crippen LogP contribution >= 0.6 is 0 Å². The van der Waals surface area contributed by atoms with Gasteiger partial charge in [-0.25, -0.2) is 0 Å². The van der Waals surface area contributed by atoms with Crippen molar-refractivity contribution < 1.29 is 9.21 Å². The van der Waals surface area contributed by atoms with Crippen LogP contribution in [0.15, 0.2) is 21.5 Å². The van der Waals surface area contributed by atoms with Gasteiger partial charge in [-0.15, -0.1) is 0 Å². The summed E-state index contributed by atoms with van der Waals surface area (Å²) in [6.45, 7) is 4.23. The summed E-state index contributed by atoms with van der Waals surface area (Å²) in [5.41, 5.74) is 0.730. The first-order valence-corrected chi connectivity index (χ1v) is 8.55. The van der Waals surface area contributed by atoms with Crippen LogP contribution in [-0.4, -0.2) is 16.5 Å². The number of aromatic nitrogens is 1. The first-order valence-electron chi connectivity index (χ1n) is 8.55. The molecular weight excluding hydrogens is 292 g/mol. The van der Waals surface area contributed by atoms with Crippen LogP contribution in [0, 0.1) is 6.92 Å². The summed E-state index contributed by atoms with van der Waals surface area (Å²) in [6, 6.07) is 1.96. The average Bonchev–Trinajstić information content (AvgIpc) is 2.70. The molecule has 2 aromatic heterocycles. The second-order valence-electron chi connectivity index (χ2n) is 6.34. The van der Waals surface area contributed by atoms with Gasteiger partial charge in [-0.05, 0) is 32.8 Å². The molecule has 0 aliphatic heterocycles. The summed E-state index contributed by atoms with van der Waals surface area (Å²) < 4.78 is 7.24. The van der Waals surface area contributed by atoms with Crippen molar-refractivity contribution in [2.75, 3.05) is 0 Å². The maximum atomic E-state index is 12.8. The zero-order chi connectivity index (χ0) is 16.4. The minimum absolute atomic E-state index is 0.159. The van der Waals surface area contributed by atoms with Gasteiger partial charge >= 0.3 is 0 Å². The molecule has 2 heterocycles. The fourth-order valence-corrected chi connectivity index (χ4v) is 3.47. The summed E-state index contributed by atoms with van der Waals surface area (Å²) in [6.07, 6.45) is 8.51. The van der Waals surface area contributed by atoms with Crippen molar-refractivity contribution in [3.63, 3.8) is 0 Å². The highest BCUT2D eigenvalue weighted by atomic mass is 16.3. The van der Waals surface area contributed by atoms with Gasteiger partial charge in [-0.2, -0.15) is 0 Å². The third kappa shape index (κ3) is 3.05. The number of carbonyl (C=O) groups excluding carboxylic acids is 1. The van der Waals surface area contributed by atoms with Gasteiger partial charge in [-0.1, -0.05) is 25.7 Å². The molecule has 0 atom stereocenters. The van der Waals surface area contributed by atoms with E-state index < -0.39 is 0 Å². The topological polar surface area (TPSA) is 64.2 Å². The zero-order valence-electron chi connectivity index (χ0n) is 13.9. The van der Waals surface area contributed by atoms with E-state index in [1.165, 1.54) is 12.8 Å². The number of fused-ring (bicyclic) bond motifs is 1. The van der Waals surface area contributed by atoms with Gasteiger partial charge in [0.15, 0.2) is 0 Å². The minimum atomic E-state index is -0.181. The summed E-state index contributed by atoms with van der Waals surface area (Å²) in [5, 5.41) is 3.51. The molecule has 1 saturated carbocycles. The molecule has 2 aromatic rings. The van der Waals surface area contributed by atoms with Crippen molar-refractivity contribution in [3.05, 3.63) is 33.9 Å².